The van der Waals surface area contributed by atoms with Crippen molar-refractivity contribution < 1.29 is 19.1 Å². The molecule has 5 rings (SSSR count). The van der Waals surface area contributed by atoms with E-state index in [1.165, 1.54) is 25.7 Å². The van der Waals surface area contributed by atoms with Gasteiger partial charge >= 0.3 is 0 Å². The molecule has 6 atom stereocenters. The van der Waals surface area contributed by atoms with E-state index in [0.717, 1.165) is 35.8 Å². The molecule has 3 aliphatic rings. The number of nitrogens with one attached hydrogen (secondary N) is 3. The Bertz CT molecular complexity index is 1330. The second-order valence-corrected chi connectivity index (χ2v) is 13.3. The average molecular weight is 588 g/mol. The van der Waals surface area contributed by atoms with Gasteiger partial charge in [-0.2, -0.15) is 0 Å². The fraction of sp³-hybridized carbons (Fsp3) is 0.556. The topological polar surface area (TPSA) is 88.7 Å². The van der Waals surface area contributed by atoms with Gasteiger partial charge in [-0.3, -0.25) is 14.9 Å². The van der Waals surface area contributed by atoms with Crippen LogP contribution in [0.15, 0.2) is 60.2 Å². The Morgan fingerprint density at radius 2 is 1.81 bits per heavy atom. The Hall–Kier alpha value is -3.32. The highest BCUT2D eigenvalue weighted by atomic mass is 16.5. The summed E-state index contributed by atoms with van der Waals surface area (Å²) in [6.07, 6.45) is 10.3. The molecule has 0 bridgehead atoms. The Kier molecular flexibility index (Phi) is 9.50. The monoisotopic (exact) mass is 587 g/mol. The van der Waals surface area contributed by atoms with Crippen molar-refractivity contribution in [1.29, 1.82) is 0 Å². The first-order valence-electron chi connectivity index (χ1n) is 16.0. The quantitative estimate of drug-likeness (QED) is 0.189. The average Bonchev–Trinajstić information content (AvgIpc) is 3.44. The van der Waals surface area contributed by atoms with Crippen LogP contribution >= 0.6 is 0 Å². The number of allylic oxidation sites excluding steroid dienone is 2. The van der Waals surface area contributed by atoms with Gasteiger partial charge in [0.1, 0.15) is 0 Å². The highest BCUT2D eigenvalue weighted by molar-refractivity contribution is 5.83. The van der Waals surface area contributed by atoms with Crippen LogP contribution < -0.4 is 25.4 Å². The maximum Gasteiger partial charge on any atom is 0.237 e. The van der Waals surface area contributed by atoms with Crippen molar-refractivity contribution in [1.82, 2.24) is 16.0 Å². The van der Waals surface area contributed by atoms with E-state index in [1.54, 1.807) is 19.8 Å². The third-order valence-electron chi connectivity index (χ3n) is 10.2. The van der Waals surface area contributed by atoms with Crippen molar-refractivity contribution in [2.24, 2.45) is 23.2 Å². The minimum absolute atomic E-state index is 0.0459. The lowest BCUT2D eigenvalue weighted by molar-refractivity contribution is -0.126. The normalized spacial score (nSPS) is 26.9. The van der Waals surface area contributed by atoms with E-state index in [2.05, 4.69) is 42.8 Å². The number of rotatable bonds is 14. The zero-order valence-electron chi connectivity index (χ0n) is 26.5. The Balaban J connectivity index is 1.26. The molecule has 7 nitrogen and oxygen atoms in total. The van der Waals surface area contributed by atoms with Crippen LogP contribution in [0.2, 0.25) is 0 Å². The SMILES string of the molecule is CCC(C)(C=C1CC2CCCC12)CC(=O)NC1(NC(Cc2ccccc2)C(=O)NCc2ccc(OC)c(OC)c2)CC1C. The number of ether oxygens (including phenoxy) is 2. The summed E-state index contributed by atoms with van der Waals surface area (Å²) >= 11 is 0. The number of benzene rings is 2. The summed E-state index contributed by atoms with van der Waals surface area (Å²) in [5.74, 6) is 3.06. The minimum atomic E-state index is -0.591. The number of methoxy groups -OCH3 is 2. The molecule has 3 fully saturated rings. The molecule has 232 valence electrons. The van der Waals surface area contributed by atoms with E-state index in [9.17, 15) is 9.59 Å². The molecule has 43 heavy (non-hydrogen) atoms. The molecule has 3 N–H and O–H groups in total. The van der Waals surface area contributed by atoms with Crippen LogP contribution in [-0.4, -0.2) is 37.7 Å². The number of hydrogen-bond acceptors (Lipinski definition) is 5. The number of amides is 2. The van der Waals surface area contributed by atoms with Crippen molar-refractivity contribution >= 4 is 11.8 Å². The van der Waals surface area contributed by atoms with Crippen molar-refractivity contribution in [2.45, 2.75) is 90.4 Å². The van der Waals surface area contributed by atoms with Crippen LogP contribution in [0.4, 0.5) is 0 Å². The first-order chi connectivity index (χ1) is 20.7. The van der Waals surface area contributed by atoms with Gasteiger partial charge in [-0.15, -0.1) is 0 Å². The summed E-state index contributed by atoms with van der Waals surface area (Å²) in [4.78, 5) is 27.2. The molecule has 2 aromatic carbocycles. The second-order valence-electron chi connectivity index (χ2n) is 13.3. The molecule has 0 radical (unpaired) electrons. The fourth-order valence-corrected chi connectivity index (χ4v) is 7.12. The molecule has 3 saturated carbocycles. The first-order valence-corrected chi connectivity index (χ1v) is 16.0. The smallest absolute Gasteiger partial charge is 0.237 e. The lowest BCUT2D eigenvalue weighted by Crippen LogP contribution is -2.58. The lowest BCUT2D eigenvalue weighted by Gasteiger charge is -2.38. The van der Waals surface area contributed by atoms with E-state index in [4.69, 9.17) is 9.47 Å². The molecule has 3 aliphatic carbocycles. The zero-order chi connectivity index (χ0) is 30.6. The number of fused-ring (bicyclic) bond motifs is 1. The highest BCUT2D eigenvalue weighted by Crippen LogP contribution is 2.52. The maximum absolute atomic E-state index is 13.7. The summed E-state index contributed by atoms with van der Waals surface area (Å²) in [7, 11) is 3.20. The molecule has 0 saturated heterocycles. The Labute approximate surface area is 257 Å². The molecule has 2 amide bonds. The van der Waals surface area contributed by atoms with E-state index in [1.807, 2.05) is 48.5 Å². The zero-order valence-corrected chi connectivity index (χ0v) is 26.5. The van der Waals surface area contributed by atoms with Gasteiger partial charge in [-0.1, -0.05) is 75.2 Å². The van der Waals surface area contributed by atoms with Gasteiger partial charge in [0, 0.05) is 13.0 Å². The van der Waals surface area contributed by atoms with Crippen LogP contribution in [0.25, 0.3) is 0 Å². The largest absolute Gasteiger partial charge is 0.493 e. The predicted octanol–water partition coefficient (Wildman–Crippen LogP) is 5.93. The Morgan fingerprint density at radius 3 is 2.47 bits per heavy atom. The van der Waals surface area contributed by atoms with Crippen LogP contribution in [0.3, 0.4) is 0 Å². The van der Waals surface area contributed by atoms with Gasteiger partial charge in [-0.05, 0) is 85.0 Å². The van der Waals surface area contributed by atoms with Crippen LogP contribution in [0, 0.1) is 23.2 Å². The van der Waals surface area contributed by atoms with Gasteiger partial charge < -0.3 is 20.1 Å². The lowest BCUT2D eigenvalue weighted by atomic mass is 9.68. The molecule has 2 aromatic rings. The molecule has 0 aromatic heterocycles. The van der Waals surface area contributed by atoms with E-state index in [0.29, 0.717) is 30.9 Å². The summed E-state index contributed by atoms with van der Waals surface area (Å²) in [6.45, 7) is 6.88. The van der Waals surface area contributed by atoms with E-state index in [-0.39, 0.29) is 23.1 Å². The summed E-state index contributed by atoms with van der Waals surface area (Å²) in [5.41, 5.74) is 2.79. The molecular weight excluding hydrogens is 538 g/mol. The van der Waals surface area contributed by atoms with Gasteiger partial charge in [0.2, 0.25) is 11.8 Å². The number of hydrogen-bond donors (Lipinski definition) is 3. The fourth-order valence-electron chi connectivity index (χ4n) is 7.12. The van der Waals surface area contributed by atoms with Crippen molar-refractivity contribution in [3.63, 3.8) is 0 Å². The van der Waals surface area contributed by atoms with Crippen LogP contribution in [0.5, 0.6) is 11.5 Å². The number of carbonyl (C=O) groups excluding carboxylic acids is 2. The summed E-state index contributed by atoms with van der Waals surface area (Å²) in [5, 5.41) is 10.1. The van der Waals surface area contributed by atoms with Gasteiger partial charge in [0.05, 0.1) is 25.9 Å². The standard InChI is InChI=1S/C36H49N3O4/c1-6-35(3,21-28-19-27-13-10-14-29(27)28)22-33(40)39-36(20-24(36)2)38-30(17-25-11-8-7-9-12-25)34(41)37-23-26-15-16-31(42-4)32(18-26)43-5/h7-9,11-12,15-16,18,21,24,27,29-30,38H,6,10,13-14,17,19-20,22-23H2,1-5H3,(H,37,41)(H,39,40). The van der Waals surface area contributed by atoms with Crippen molar-refractivity contribution in [2.75, 3.05) is 14.2 Å². The van der Waals surface area contributed by atoms with Gasteiger partial charge in [-0.25, -0.2) is 0 Å². The molecule has 0 spiro atoms. The minimum Gasteiger partial charge on any atom is -0.493 e. The van der Waals surface area contributed by atoms with Crippen LogP contribution in [-0.2, 0) is 22.6 Å². The maximum atomic E-state index is 13.7. The summed E-state index contributed by atoms with van der Waals surface area (Å²) in [6, 6.07) is 15.1. The third kappa shape index (κ3) is 7.26. The van der Waals surface area contributed by atoms with Crippen molar-refractivity contribution in [3.05, 3.63) is 71.3 Å². The molecule has 7 heteroatoms. The van der Waals surface area contributed by atoms with Crippen LogP contribution in [0.1, 0.15) is 76.8 Å². The second kappa shape index (κ2) is 13.1. The summed E-state index contributed by atoms with van der Waals surface area (Å²) < 4.78 is 10.8. The first kappa shape index (κ1) is 31.1. The van der Waals surface area contributed by atoms with Crippen molar-refractivity contribution in [3.8, 4) is 11.5 Å². The molecule has 6 unspecified atom stereocenters. The van der Waals surface area contributed by atoms with Gasteiger partial charge in [0.25, 0.3) is 0 Å². The molecular formula is C36H49N3O4. The molecule has 0 heterocycles. The van der Waals surface area contributed by atoms with E-state index >= 15 is 0 Å². The van der Waals surface area contributed by atoms with E-state index < -0.39 is 11.7 Å². The number of carbonyl (C=O) groups is 2. The molecule has 0 aliphatic heterocycles. The predicted molar refractivity (Wildman–Crippen MR) is 170 cm³/mol. The highest BCUT2D eigenvalue weighted by Gasteiger charge is 2.54. The third-order valence-corrected chi connectivity index (χ3v) is 10.2. The van der Waals surface area contributed by atoms with Gasteiger partial charge in [0.15, 0.2) is 11.5 Å². The Morgan fingerprint density at radius 1 is 1.07 bits per heavy atom.